The highest BCUT2D eigenvalue weighted by atomic mass is 19.4. The summed E-state index contributed by atoms with van der Waals surface area (Å²) in [4.78, 5) is 16.3. The van der Waals surface area contributed by atoms with E-state index < -0.39 is 35.1 Å². The van der Waals surface area contributed by atoms with Crippen LogP contribution in [0.15, 0.2) is 47.5 Å². The van der Waals surface area contributed by atoms with Crippen molar-refractivity contribution in [2.75, 3.05) is 20.1 Å². The van der Waals surface area contributed by atoms with E-state index >= 15 is 4.39 Å². The average molecular weight is 549 g/mol. The molecule has 2 unspecified atom stereocenters. The maximum absolute atomic E-state index is 15.6. The topological polar surface area (TPSA) is 80.6 Å². The normalized spacial score (nSPS) is 19.3. The molecule has 2 aromatic heterocycles. The lowest BCUT2D eigenvalue weighted by Gasteiger charge is -2.28. The summed E-state index contributed by atoms with van der Waals surface area (Å²) in [5, 5.41) is 15.0. The van der Waals surface area contributed by atoms with E-state index in [1.165, 1.54) is 37.5 Å². The van der Waals surface area contributed by atoms with Gasteiger partial charge in [0.2, 0.25) is 0 Å². The smallest absolute Gasteiger partial charge is 0.322 e. The van der Waals surface area contributed by atoms with Gasteiger partial charge >= 0.3 is 11.9 Å². The molecular weight excluding hydrogens is 519 g/mol. The highest BCUT2D eigenvalue weighted by Crippen LogP contribution is 2.52. The van der Waals surface area contributed by atoms with Crippen LogP contribution in [0.5, 0.6) is 0 Å². The fourth-order valence-corrected chi connectivity index (χ4v) is 5.36. The van der Waals surface area contributed by atoms with E-state index in [0.717, 1.165) is 65.4 Å². The van der Waals surface area contributed by atoms with Gasteiger partial charge in [0, 0.05) is 32.5 Å². The van der Waals surface area contributed by atoms with Crippen LogP contribution in [0, 0.1) is 16.2 Å². The van der Waals surface area contributed by atoms with Crippen LogP contribution >= 0.6 is 0 Å². The number of imidazole rings is 1. The molecule has 0 bridgehead atoms. The second-order valence-corrected chi connectivity index (χ2v) is 10.9. The van der Waals surface area contributed by atoms with Crippen molar-refractivity contribution in [3.63, 3.8) is 0 Å². The zero-order valence-electron chi connectivity index (χ0n) is 21.5. The number of hydrogen-bond acceptors (Lipinski definition) is 4. The summed E-state index contributed by atoms with van der Waals surface area (Å²) in [7, 11) is 1.24. The summed E-state index contributed by atoms with van der Waals surface area (Å²) in [6.07, 6.45) is -0.716. The number of likely N-dealkylation sites (tertiary alicyclic amines) is 1. The Hall–Kier alpha value is -3.54. The first-order chi connectivity index (χ1) is 18.3. The van der Waals surface area contributed by atoms with Crippen LogP contribution in [-0.2, 0) is 18.4 Å². The Balaban J connectivity index is 1.54. The molecule has 7 nitrogen and oxygen atoms in total. The van der Waals surface area contributed by atoms with E-state index in [4.69, 9.17) is 10.8 Å². The van der Waals surface area contributed by atoms with Gasteiger partial charge in [-0.15, -0.1) is 0 Å². The van der Waals surface area contributed by atoms with Gasteiger partial charge in [0.05, 0.1) is 23.1 Å². The predicted octanol–water partition coefficient (Wildman–Crippen LogP) is 5.13. The quantitative estimate of drug-likeness (QED) is 0.244. The summed E-state index contributed by atoms with van der Waals surface area (Å²) in [6, 6.07) is 6.31. The molecule has 5 rings (SSSR count). The molecule has 3 heterocycles. The van der Waals surface area contributed by atoms with E-state index in [0.29, 0.717) is 23.9 Å². The molecule has 1 spiro atoms. The van der Waals surface area contributed by atoms with Crippen LogP contribution in [0.3, 0.4) is 0 Å². The molecule has 1 aliphatic heterocycles. The van der Waals surface area contributed by atoms with Gasteiger partial charge in [0.15, 0.2) is 11.8 Å². The van der Waals surface area contributed by atoms with Crippen molar-refractivity contribution in [1.29, 1.82) is 10.8 Å². The first kappa shape index (κ1) is 27.0. The third-order valence-corrected chi connectivity index (χ3v) is 7.99. The molecule has 0 amide bonds. The zero-order valence-corrected chi connectivity index (χ0v) is 21.5. The van der Waals surface area contributed by atoms with E-state index in [2.05, 4.69) is 4.90 Å². The monoisotopic (exact) mass is 548 g/mol. The second-order valence-electron chi connectivity index (χ2n) is 10.9. The number of amidine groups is 1. The van der Waals surface area contributed by atoms with Crippen molar-refractivity contribution in [1.82, 2.24) is 18.8 Å². The molecule has 12 heteroatoms. The summed E-state index contributed by atoms with van der Waals surface area (Å²) >= 11 is 0. The number of pyridine rings is 1. The first-order valence-electron chi connectivity index (χ1n) is 12.6. The Morgan fingerprint density at radius 1 is 1.18 bits per heavy atom. The summed E-state index contributed by atoms with van der Waals surface area (Å²) in [5.74, 6) is -0.778. The van der Waals surface area contributed by atoms with E-state index in [1.807, 2.05) is 0 Å². The predicted molar refractivity (Wildman–Crippen MR) is 137 cm³/mol. The van der Waals surface area contributed by atoms with Gasteiger partial charge in [-0.3, -0.25) is 24.7 Å². The second kappa shape index (κ2) is 9.29. The van der Waals surface area contributed by atoms with Gasteiger partial charge in [-0.2, -0.15) is 13.2 Å². The lowest BCUT2D eigenvalue weighted by molar-refractivity contribution is -0.136. The Morgan fingerprint density at radius 3 is 2.51 bits per heavy atom. The lowest BCUT2D eigenvalue weighted by atomic mass is 9.91. The van der Waals surface area contributed by atoms with Gasteiger partial charge in [-0.1, -0.05) is 12.1 Å². The van der Waals surface area contributed by atoms with Crippen molar-refractivity contribution < 1.29 is 22.0 Å². The van der Waals surface area contributed by atoms with Gasteiger partial charge in [-0.05, 0) is 67.5 Å². The van der Waals surface area contributed by atoms with Crippen LogP contribution < -0.4 is 5.69 Å². The zero-order chi connectivity index (χ0) is 28.3. The molecule has 2 atom stereocenters. The first-order valence-corrected chi connectivity index (χ1v) is 12.6. The van der Waals surface area contributed by atoms with Gasteiger partial charge in [0.25, 0.3) is 0 Å². The molecule has 1 aliphatic carbocycles. The van der Waals surface area contributed by atoms with Gasteiger partial charge in [-0.25, -0.2) is 13.6 Å². The minimum absolute atomic E-state index is 0.0501. The summed E-state index contributed by atoms with van der Waals surface area (Å²) in [6.45, 7) is 2.86. The van der Waals surface area contributed by atoms with Crippen LogP contribution in [0.25, 0.3) is 11.2 Å². The van der Waals surface area contributed by atoms with Crippen molar-refractivity contribution in [2.24, 2.45) is 5.41 Å². The molecule has 2 aliphatic rings. The van der Waals surface area contributed by atoms with Crippen molar-refractivity contribution >= 4 is 17.7 Å². The fraction of sp³-hybridized carbons (Fsp3) is 0.444. The Labute approximate surface area is 221 Å². The molecule has 1 aromatic carbocycles. The minimum Gasteiger partial charge on any atom is -0.322 e. The number of alkyl halides is 5. The maximum Gasteiger partial charge on any atom is 0.418 e. The number of nitrogens with one attached hydrogen (secondary N) is 2. The number of rotatable bonds is 7. The molecule has 2 N–H and O–H groups in total. The van der Waals surface area contributed by atoms with Gasteiger partial charge < -0.3 is 4.90 Å². The Bertz CT molecular complexity index is 1500. The fourth-order valence-electron chi connectivity index (χ4n) is 5.36. The number of aromatic nitrogens is 2. The highest BCUT2D eigenvalue weighted by molar-refractivity contribution is 5.92. The Kier molecular flexibility index (Phi) is 6.44. The molecule has 0 radical (unpaired) electrons. The average Bonchev–Trinajstić information content (AvgIpc) is 3.42. The number of nitrogens with zero attached hydrogens (tertiary/aromatic N) is 4. The number of benzene rings is 1. The molecule has 39 heavy (non-hydrogen) atoms. The standard InChI is InChI=1S/C27H29F5N6O/c1-25(29,22(28)23(34)35(2)16-33)18-4-3-5-19(11-18)37-14-21-20(27(30,31)32)10-17(13-38(21)24(37)39)12-36-9-8-26(15-36)6-7-26/h3-5,10-11,13-14,16,22,33-34H,6-9,12,15H2,1-2H3. The van der Waals surface area contributed by atoms with E-state index in [9.17, 15) is 22.4 Å². The number of fused-ring (bicyclic) bond motifs is 1. The van der Waals surface area contributed by atoms with E-state index in [-0.39, 0.29) is 16.8 Å². The largest absolute Gasteiger partial charge is 0.418 e. The van der Waals surface area contributed by atoms with Crippen molar-refractivity contribution in [3.05, 3.63) is 69.9 Å². The highest BCUT2D eigenvalue weighted by Gasteiger charge is 2.47. The summed E-state index contributed by atoms with van der Waals surface area (Å²) in [5.41, 5.74) is -4.27. The molecule has 2 fully saturated rings. The molecule has 1 saturated heterocycles. The van der Waals surface area contributed by atoms with Crippen LogP contribution in [0.1, 0.15) is 42.9 Å². The lowest BCUT2D eigenvalue weighted by Crippen LogP contribution is -2.42. The van der Waals surface area contributed by atoms with Crippen LogP contribution in [0.4, 0.5) is 22.0 Å². The maximum atomic E-state index is 15.6. The summed E-state index contributed by atoms with van der Waals surface area (Å²) < 4.78 is 74.8. The minimum atomic E-state index is -4.72. The number of halogens is 5. The van der Waals surface area contributed by atoms with E-state index in [1.54, 1.807) is 0 Å². The molecule has 3 aromatic rings. The molecular formula is C27H29F5N6O. The van der Waals surface area contributed by atoms with Crippen LogP contribution in [-0.4, -0.2) is 57.3 Å². The Morgan fingerprint density at radius 2 is 1.90 bits per heavy atom. The van der Waals surface area contributed by atoms with Crippen molar-refractivity contribution in [2.45, 2.75) is 50.7 Å². The SMILES string of the molecule is CN(C=N)C(=N)C(F)C(C)(F)c1cccc(-n2cc3c(C(F)(F)F)cc(CN4CCC5(CC5)C4)cn3c2=O)c1. The van der Waals surface area contributed by atoms with Crippen molar-refractivity contribution in [3.8, 4) is 5.69 Å². The number of hydrogen-bond donors (Lipinski definition) is 2. The molecule has 1 saturated carbocycles. The van der Waals surface area contributed by atoms with Crippen LogP contribution in [0.2, 0.25) is 0 Å². The van der Waals surface area contributed by atoms with Gasteiger partial charge in [0.1, 0.15) is 5.84 Å². The third kappa shape index (κ3) is 4.86. The molecule has 208 valence electrons. The third-order valence-electron chi connectivity index (χ3n) is 7.99.